The van der Waals surface area contributed by atoms with Crippen molar-refractivity contribution in [1.29, 1.82) is 0 Å². The van der Waals surface area contributed by atoms with Crippen molar-refractivity contribution in [1.82, 2.24) is 0 Å². The molecule has 0 amide bonds. The molecule has 18 heavy (non-hydrogen) atoms. The maximum Gasteiger partial charge on any atom is 0.138 e. The third-order valence-electron chi connectivity index (χ3n) is 2.44. The highest BCUT2D eigenvalue weighted by atomic mass is 79.9. The first-order valence-electron chi connectivity index (χ1n) is 5.35. The lowest BCUT2D eigenvalue weighted by molar-refractivity contribution is 0.471. The summed E-state index contributed by atoms with van der Waals surface area (Å²) in [4.78, 5) is 4.30. The number of benzene rings is 2. The van der Waals surface area contributed by atoms with Gasteiger partial charge in [-0.1, -0.05) is 29.3 Å². The quantitative estimate of drug-likeness (QED) is 0.786. The van der Waals surface area contributed by atoms with Gasteiger partial charge in [-0.15, -0.1) is 0 Å². The molecule has 2 aromatic carbocycles. The van der Waals surface area contributed by atoms with Gasteiger partial charge in [-0.25, -0.2) is 0 Å². The number of phenols is 1. The summed E-state index contributed by atoms with van der Waals surface area (Å²) >= 11 is 9.16. The van der Waals surface area contributed by atoms with Gasteiger partial charge in [-0.3, -0.25) is 4.99 Å². The van der Waals surface area contributed by atoms with E-state index in [0.29, 0.717) is 15.1 Å². The van der Waals surface area contributed by atoms with Crippen LogP contribution >= 0.6 is 27.5 Å². The van der Waals surface area contributed by atoms with Gasteiger partial charge in [0.05, 0.1) is 10.2 Å². The van der Waals surface area contributed by atoms with Gasteiger partial charge in [0, 0.05) is 16.8 Å². The van der Waals surface area contributed by atoms with Gasteiger partial charge in [0.1, 0.15) is 5.75 Å². The number of rotatable bonds is 2. The Balaban J connectivity index is 2.31. The van der Waals surface area contributed by atoms with Crippen LogP contribution in [0.2, 0.25) is 5.02 Å². The summed E-state index contributed by atoms with van der Waals surface area (Å²) in [5.41, 5.74) is 2.59. The highest BCUT2D eigenvalue weighted by Crippen LogP contribution is 2.30. The molecule has 0 aliphatic carbocycles. The van der Waals surface area contributed by atoms with Gasteiger partial charge in [0.2, 0.25) is 0 Å². The predicted molar refractivity (Wildman–Crippen MR) is 79.2 cm³/mol. The second-order valence-corrected chi connectivity index (χ2v) is 5.21. The van der Waals surface area contributed by atoms with Crippen LogP contribution < -0.4 is 0 Å². The first kappa shape index (κ1) is 13.1. The molecule has 0 heterocycles. The normalized spacial score (nSPS) is 11.1. The minimum absolute atomic E-state index is 0.135. The summed E-state index contributed by atoms with van der Waals surface area (Å²) in [5, 5.41) is 10.4. The maximum absolute atomic E-state index is 9.85. The number of hydrogen-bond donors (Lipinski definition) is 1. The lowest BCUT2D eigenvalue weighted by atomic mass is 10.2. The molecule has 0 aliphatic rings. The van der Waals surface area contributed by atoms with Crippen molar-refractivity contribution in [2.75, 3.05) is 0 Å². The van der Waals surface area contributed by atoms with Crippen molar-refractivity contribution in [3.63, 3.8) is 0 Å². The van der Waals surface area contributed by atoms with E-state index in [1.807, 2.05) is 31.2 Å². The number of aryl methyl sites for hydroxylation is 1. The topological polar surface area (TPSA) is 32.6 Å². The van der Waals surface area contributed by atoms with Crippen LogP contribution in [0.15, 0.2) is 45.9 Å². The van der Waals surface area contributed by atoms with E-state index >= 15 is 0 Å². The summed E-state index contributed by atoms with van der Waals surface area (Å²) in [6.45, 7) is 2.02. The second-order valence-electron chi connectivity index (χ2n) is 3.92. The third-order valence-corrected chi connectivity index (χ3v) is 3.27. The Bertz CT molecular complexity index is 593. The molecule has 2 aromatic rings. The summed E-state index contributed by atoms with van der Waals surface area (Å²) in [5.74, 6) is 0.135. The van der Waals surface area contributed by atoms with E-state index in [4.69, 9.17) is 11.6 Å². The Morgan fingerprint density at radius 1 is 1.22 bits per heavy atom. The minimum Gasteiger partial charge on any atom is -0.506 e. The van der Waals surface area contributed by atoms with Gasteiger partial charge in [-0.05, 0) is 47.1 Å². The van der Waals surface area contributed by atoms with Crippen LogP contribution in [0, 0.1) is 6.92 Å². The molecule has 0 bridgehead atoms. The van der Waals surface area contributed by atoms with Crippen molar-refractivity contribution in [2.24, 2.45) is 4.99 Å². The molecule has 2 rings (SSSR count). The minimum atomic E-state index is 0.135. The summed E-state index contributed by atoms with van der Waals surface area (Å²) in [6, 6.07) is 11.1. The largest absolute Gasteiger partial charge is 0.506 e. The van der Waals surface area contributed by atoms with Crippen LogP contribution in [-0.2, 0) is 0 Å². The molecular formula is C14H11BrClNO. The van der Waals surface area contributed by atoms with Crippen LogP contribution in [0.25, 0.3) is 0 Å². The standard InChI is InChI=1S/C14H11BrClNO/c1-9-2-4-12(5-3-9)17-8-10-6-11(16)7-13(15)14(10)18/h2-8,18H,1H3. The van der Waals surface area contributed by atoms with Crippen LogP contribution in [0.1, 0.15) is 11.1 Å². The Hall–Kier alpha value is -1.32. The number of halogens is 2. The average Bonchev–Trinajstić information content (AvgIpc) is 2.34. The van der Waals surface area contributed by atoms with Crippen LogP contribution in [0.3, 0.4) is 0 Å². The second kappa shape index (κ2) is 5.55. The zero-order valence-corrected chi connectivity index (χ0v) is 12.0. The molecule has 0 spiro atoms. The van der Waals surface area contributed by atoms with E-state index < -0.39 is 0 Å². The molecule has 0 fully saturated rings. The zero-order chi connectivity index (χ0) is 13.1. The molecule has 1 N–H and O–H groups in total. The number of nitrogens with zero attached hydrogens (tertiary/aromatic N) is 1. The van der Waals surface area contributed by atoms with Gasteiger partial charge in [-0.2, -0.15) is 0 Å². The average molecular weight is 325 g/mol. The molecule has 4 heteroatoms. The van der Waals surface area contributed by atoms with E-state index in [9.17, 15) is 5.11 Å². The Morgan fingerprint density at radius 2 is 1.89 bits per heavy atom. The summed E-state index contributed by atoms with van der Waals surface area (Å²) in [7, 11) is 0. The molecular weight excluding hydrogens is 314 g/mol. The smallest absolute Gasteiger partial charge is 0.138 e. The van der Waals surface area contributed by atoms with Crippen molar-refractivity contribution in [3.8, 4) is 5.75 Å². The molecule has 2 nitrogen and oxygen atoms in total. The van der Waals surface area contributed by atoms with Gasteiger partial charge in [0.25, 0.3) is 0 Å². The first-order valence-corrected chi connectivity index (χ1v) is 6.52. The molecule has 0 aromatic heterocycles. The maximum atomic E-state index is 9.85. The monoisotopic (exact) mass is 323 g/mol. The van der Waals surface area contributed by atoms with Crippen LogP contribution in [0.4, 0.5) is 5.69 Å². The van der Waals surface area contributed by atoms with E-state index in [-0.39, 0.29) is 5.75 Å². The fraction of sp³-hybridized carbons (Fsp3) is 0.0714. The lowest BCUT2D eigenvalue weighted by Crippen LogP contribution is -1.84. The lowest BCUT2D eigenvalue weighted by Gasteiger charge is -2.02. The van der Waals surface area contributed by atoms with E-state index in [1.165, 1.54) is 5.56 Å². The SMILES string of the molecule is Cc1ccc(N=Cc2cc(Cl)cc(Br)c2O)cc1. The Labute approximate surface area is 119 Å². The number of phenolic OH excluding ortho intramolecular Hbond substituents is 1. The van der Waals surface area contributed by atoms with Crippen LogP contribution in [0.5, 0.6) is 5.75 Å². The third kappa shape index (κ3) is 3.12. The van der Waals surface area contributed by atoms with Gasteiger partial charge < -0.3 is 5.11 Å². The molecule has 0 saturated heterocycles. The molecule has 0 unspecified atom stereocenters. The fourth-order valence-corrected chi connectivity index (χ4v) is 2.29. The predicted octanol–water partition coefficient (Wildman–Crippen LogP) is 4.87. The molecule has 92 valence electrons. The molecule has 0 atom stereocenters. The van der Waals surface area contributed by atoms with Gasteiger partial charge in [0.15, 0.2) is 0 Å². The van der Waals surface area contributed by atoms with Crippen molar-refractivity contribution >= 4 is 39.4 Å². The molecule has 0 saturated carbocycles. The number of aliphatic imine (C=N–C) groups is 1. The zero-order valence-electron chi connectivity index (χ0n) is 9.69. The van der Waals surface area contributed by atoms with Crippen LogP contribution in [-0.4, -0.2) is 11.3 Å². The Kier molecular flexibility index (Phi) is 4.04. The van der Waals surface area contributed by atoms with Crippen molar-refractivity contribution < 1.29 is 5.11 Å². The molecule has 0 radical (unpaired) electrons. The summed E-state index contributed by atoms with van der Waals surface area (Å²) < 4.78 is 0.556. The highest BCUT2D eigenvalue weighted by molar-refractivity contribution is 9.10. The van der Waals surface area contributed by atoms with E-state index in [0.717, 1.165) is 5.69 Å². The Morgan fingerprint density at radius 3 is 2.56 bits per heavy atom. The highest BCUT2D eigenvalue weighted by Gasteiger charge is 2.05. The molecule has 0 aliphatic heterocycles. The van der Waals surface area contributed by atoms with Gasteiger partial charge >= 0.3 is 0 Å². The summed E-state index contributed by atoms with van der Waals surface area (Å²) in [6.07, 6.45) is 1.59. The van der Waals surface area contributed by atoms with Crippen molar-refractivity contribution in [2.45, 2.75) is 6.92 Å². The number of hydrogen-bond acceptors (Lipinski definition) is 2. The van der Waals surface area contributed by atoms with Crippen molar-refractivity contribution in [3.05, 3.63) is 57.0 Å². The van der Waals surface area contributed by atoms with E-state index in [2.05, 4.69) is 20.9 Å². The first-order chi connectivity index (χ1) is 8.56. The number of aromatic hydroxyl groups is 1. The van der Waals surface area contributed by atoms with E-state index in [1.54, 1.807) is 18.3 Å². The fourth-order valence-electron chi connectivity index (χ4n) is 1.46.